The summed E-state index contributed by atoms with van der Waals surface area (Å²) in [6, 6.07) is 10.5. The number of hydrogen-bond donors (Lipinski definition) is 0. The third kappa shape index (κ3) is 4.27. The lowest BCUT2D eigenvalue weighted by molar-refractivity contribution is -0.274. The fourth-order valence-electron chi connectivity index (χ4n) is 2.82. The molecule has 0 bridgehead atoms. The maximum absolute atomic E-state index is 12.4. The van der Waals surface area contributed by atoms with Gasteiger partial charge >= 0.3 is 6.36 Å². The first-order valence-corrected chi connectivity index (χ1v) is 8.65. The Hall–Kier alpha value is -3.82. The summed E-state index contributed by atoms with van der Waals surface area (Å²) in [5.41, 5.74) is 1.66. The molecule has 2 heterocycles. The van der Waals surface area contributed by atoms with Gasteiger partial charge < -0.3 is 18.7 Å². The molecule has 0 fully saturated rings. The molecule has 0 saturated carbocycles. The van der Waals surface area contributed by atoms with Crippen LogP contribution in [0.2, 0.25) is 0 Å². The van der Waals surface area contributed by atoms with E-state index >= 15 is 0 Å². The molecule has 0 radical (unpaired) electrons. The monoisotopic (exact) mass is 417 g/mol. The summed E-state index contributed by atoms with van der Waals surface area (Å²) in [4.78, 5) is 8.16. The summed E-state index contributed by atoms with van der Waals surface area (Å²) in [6.07, 6.45) is -1.56. The van der Waals surface area contributed by atoms with Gasteiger partial charge in [-0.25, -0.2) is 9.97 Å². The normalized spacial score (nSPS) is 11.5. The molecule has 4 aromatic rings. The lowest BCUT2D eigenvalue weighted by Gasteiger charge is -2.11. The predicted octanol–water partition coefficient (Wildman–Crippen LogP) is 4.77. The first-order chi connectivity index (χ1) is 14.4. The van der Waals surface area contributed by atoms with Crippen molar-refractivity contribution in [2.24, 2.45) is 0 Å². The molecule has 10 heteroatoms. The zero-order valence-corrected chi connectivity index (χ0v) is 15.5. The van der Waals surface area contributed by atoms with E-state index in [1.54, 1.807) is 30.6 Å². The highest BCUT2D eigenvalue weighted by atomic mass is 19.4. The first-order valence-electron chi connectivity index (χ1n) is 8.65. The van der Waals surface area contributed by atoms with Crippen LogP contribution in [0, 0.1) is 0 Å². The molecule has 0 amide bonds. The summed E-state index contributed by atoms with van der Waals surface area (Å²) < 4.78 is 57.4. The molecule has 4 rings (SSSR count). The van der Waals surface area contributed by atoms with Crippen molar-refractivity contribution in [1.82, 2.24) is 15.1 Å². The summed E-state index contributed by atoms with van der Waals surface area (Å²) in [6.45, 7) is 0.0906. The van der Waals surface area contributed by atoms with Gasteiger partial charge in [0.1, 0.15) is 18.1 Å². The summed E-state index contributed by atoms with van der Waals surface area (Å²) in [5, 5.41) is 4.49. The molecule has 0 saturated heterocycles. The molecule has 30 heavy (non-hydrogen) atoms. The zero-order chi connectivity index (χ0) is 21.1. The van der Waals surface area contributed by atoms with Crippen molar-refractivity contribution >= 4 is 11.0 Å². The van der Waals surface area contributed by atoms with E-state index in [9.17, 15) is 13.2 Å². The van der Waals surface area contributed by atoms with Gasteiger partial charge in [0.25, 0.3) is 5.88 Å². The number of ether oxygens (including phenoxy) is 3. The van der Waals surface area contributed by atoms with Crippen molar-refractivity contribution < 1.29 is 31.9 Å². The minimum atomic E-state index is -4.75. The number of halogens is 3. The quantitative estimate of drug-likeness (QED) is 0.447. The highest BCUT2D eigenvalue weighted by molar-refractivity contribution is 5.90. The van der Waals surface area contributed by atoms with E-state index < -0.39 is 6.36 Å². The van der Waals surface area contributed by atoms with Crippen LogP contribution in [0.15, 0.2) is 59.4 Å². The van der Waals surface area contributed by atoms with Gasteiger partial charge in [-0.2, -0.15) is 0 Å². The van der Waals surface area contributed by atoms with Crippen LogP contribution in [-0.2, 0) is 6.61 Å². The van der Waals surface area contributed by atoms with Crippen LogP contribution in [0.4, 0.5) is 13.2 Å². The maximum Gasteiger partial charge on any atom is 0.573 e. The molecule has 0 N–H and O–H groups in total. The average Bonchev–Trinajstić information content (AvgIpc) is 3.13. The smallest absolute Gasteiger partial charge is 0.496 e. The van der Waals surface area contributed by atoms with E-state index in [4.69, 9.17) is 14.0 Å². The standard InChI is InChI=1S/C20H14F3N3O4/c1-27-16-10-17-15(19(26-30-17)28-11-18-24-7-2-8-25-18)9-14(16)12-3-5-13(6-4-12)29-20(21,22)23/h2-10H,11H2,1H3. The number of aromatic nitrogens is 3. The zero-order valence-electron chi connectivity index (χ0n) is 15.5. The Labute approximate surface area is 168 Å². The van der Waals surface area contributed by atoms with Crippen LogP contribution < -0.4 is 14.2 Å². The second-order valence-electron chi connectivity index (χ2n) is 6.06. The van der Waals surface area contributed by atoms with Gasteiger partial charge in [0.15, 0.2) is 11.4 Å². The van der Waals surface area contributed by atoms with Crippen molar-refractivity contribution in [1.29, 1.82) is 0 Å². The van der Waals surface area contributed by atoms with Gasteiger partial charge in [0.2, 0.25) is 0 Å². The summed E-state index contributed by atoms with van der Waals surface area (Å²) in [5.74, 6) is 0.852. The van der Waals surface area contributed by atoms with E-state index in [1.165, 1.54) is 31.4 Å². The largest absolute Gasteiger partial charge is 0.573 e. The molecular weight excluding hydrogens is 403 g/mol. The van der Waals surface area contributed by atoms with E-state index in [0.29, 0.717) is 33.7 Å². The second-order valence-corrected chi connectivity index (χ2v) is 6.06. The number of benzene rings is 2. The lowest BCUT2D eigenvalue weighted by atomic mass is 10.0. The number of fused-ring (bicyclic) bond motifs is 1. The molecule has 7 nitrogen and oxygen atoms in total. The van der Waals surface area contributed by atoms with Gasteiger partial charge in [-0.1, -0.05) is 12.1 Å². The Morgan fingerprint density at radius 1 is 1.03 bits per heavy atom. The minimum Gasteiger partial charge on any atom is -0.496 e. The third-order valence-corrected chi connectivity index (χ3v) is 4.12. The SMILES string of the molecule is COc1cc2onc(OCc3ncccn3)c2cc1-c1ccc(OC(F)(F)F)cc1. The molecule has 0 spiro atoms. The van der Waals surface area contributed by atoms with Crippen LogP contribution in [0.1, 0.15) is 5.82 Å². The molecule has 0 unspecified atom stereocenters. The third-order valence-electron chi connectivity index (χ3n) is 4.12. The molecule has 0 aliphatic carbocycles. The molecule has 154 valence electrons. The van der Waals surface area contributed by atoms with Gasteiger partial charge in [0, 0.05) is 24.0 Å². The Morgan fingerprint density at radius 2 is 1.77 bits per heavy atom. The van der Waals surface area contributed by atoms with Gasteiger partial charge in [-0.05, 0) is 35.0 Å². The fourth-order valence-corrected chi connectivity index (χ4v) is 2.82. The molecule has 2 aromatic carbocycles. The molecular formula is C20H14F3N3O4. The number of alkyl halides is 3. The maximum atomic E-state index is 12.4. The fraction of sp³-hybridized carbons (Fsp3) is 0.150. The van der Waals surface area contributed by atoms with Crippen molar-refractivity contribution in [3.05, 3.63) is 60.7 Å². The summed E-state index contributed by atoms with van der Waals surface area (Å²) in [7, 11) is 1.48. The van der Waals surface area contributed by atoms with E-state index in [0.717, 1.165) is 0 Å². The Balaban J connectivity index is 1.65. The van der Waals surface area contributed by atoms with Crippen molar-refractivity contribution in [3.63, 3.8) is 0 Å². The van der Waals surface area contributed by atoms with E-state index in [-0.39, 0.29) is 18.2 Å². The molecule has 0 atom stereocenters. The van der Waals surface area contributed by atoms with Crippen LogP contribution in [0.3, 0.4) is 0 Å². The molecule has 2 aromatic heterocycles. The number of rotatable bonds is 6. The van der Waals surface area contributed by atoms with Gasteiger partial charge in [-0.3, -0.25) is 0 Å². The van der Waals surface area contributed by atoms with E-state index in [2.05, 4.69) is 19.9 Å². The average molecular weight is 417 g/mol. The molecule has 0 aliphatic rings. The van der Waals surface area contributed by atoms with Crippen molar-refractivity contribution in [2.45, 2.75) is 13.0 Å². The van der Waals surface area contributed by atoms with Crippen LogP contribution in [0.5, 0.6) is 17.4 Å². The number of methoxy groups -OCH3 is 1. The topological polar surface area (TPSA) is 79.5 Å². The van der Waals surface area contributed by atoms with Crippen molar-refractivity contribution in [2.75, 3.05) is 7.11 Å². The molecule has 0 aliphatic heterocycles. The second kappa shape index (κ2) is 7.90. The van der Waals surface area contributed by atoms with E-state index in [1.807, 2.05) is 0 Å². The number of hydrogen-bond acceptors (Lipinski definition) is 7. The number of nitrogens with zero attached hydrogens (tertiary/aromatic N) is 3. The van der Waals surface area contributed by atoms with Crippen LogP contribution in [-0.4, -0.2) is 28.6 Å². The Bertz CT molecular complexity index is 1150. The minimum absolute atomic E-state index is 0.0906. The Kier molecular flexibility index (Phi) is 5.13. The first kappa shape index (κ1) is 19.5. The Morgan fingerprint density at radius 3 is 2.43 bits per heavy atom. The van der Waals surface area contributed by atoms with Crippen LogP contribution >= 0.6 is 0 Å². The van der Waals surface area contributed by atoms with Crippen molar-refractivity contribution in [3.8, 4) is 28.5 Å². The highest BCUT2D eigenvalue weighted by Crippen LogP contribution is 2.38. The predicted molar refractivity (Wildman–Crippen MR) is 99.0 cm³/mol. The van der Waals surface area contributed by atoms with Gasteiger partial charge in [0.05, 0.1) is 12.5 Å². The van der Waals surface area contributed by atoms with Crippen LogP contribution in [0.25, 0.3) is 22.1 Å². The lowest BCUT2D eigenvalue weighted by Crippen LogP contribution is -2.16. The summed E-state index contributed by atoms with van der Waals surface area (Å²) >= 11 is 0. The highest BCUT2D eigenvalue weighted by Gasteiger charge is 2.31. The van der Waals surface area contributed by atoms with Gasteiger partial charge in [-0.15, -0.1) is 13.2 Å².